The normalized spacial score (nSPS) is 21.4. The van der Waals surface area contributed by atoms with E-state index in [-0.39, 0.29) is 11.9 Å². The number of hydrogen-bond donors (Lipinski definition) is 2. The molecular weight excluding hydrogens is 232 g/mol. The van der Waals surface area contributed by atoms with Crippen LogP contribution in [0.4, 0.5) is 4.79 Å². The number of aliphatic carboxylic acids is 1. The minimum absolute atomic E-state index is 0.112. The van der Waals surface area contributed by atoms with E-state index in [4.69, 9.17) is 0 Å². The van der Waals surface area contributed by atoms with Crippen LogP contribution in [-0.4, -0.2) is 40.6 Å². The highest BCUT2D eigenvalue weighted by Crippen LogP contribution is 2.44. The Morgan fingerprint density at radius 3 is 2.33 bits per heavy atom. The van der Waals surface area contributed by atoms with Crippen LogP contribution in [0.5, 0.6) is 0 Å². The summed E-state index contributed by atoms with van der Waals surface area (Å²) in [6.45, 7) is 10.5. The standard InChI is InChI=1S/C13H24N2O3/c1-6-9(2)13(10(16)17,12(3,4)5)15-8-7-14-11(15)18/h9H,6-8H2,1-5H3,(H,14,18)(H,16,17)/t9-,13+/m0/s1. The second-order valence-electron chi connectivity index (χ2n) is 6.01. The zero-order valence-electron chi connectivity index (χ0n) is 11.9. The van der Waals surface area contributed by atoms with Crippen molar-refractivity contribution in [2.75, 3.05) is 13.1 Å². The Bertz CT molecular complexity index is 349. The van der Waals surface area contributed by atoms with Gasteiger partial charge in [0.2, 0.25) is 0 Å². The van der Waals surface area contributed by atoms with Crippen LogP contribution in [0.3, 0.4) is 0 Å². The summed E-state index contributed by atoms with van der Waals surface area (Å²) in [4.78, 5) is 25.4. The molecule has 0 aromatic heterocycles. The van der Waals surface area contributed by atoms with Gasteiger partial charge in [-0.1, -0.05) is 41.0 Å². The second-order valence-corrected chi connectivity index (χ2v) is 6.01. The molecule has 1 heterocycles. The van der Waals surface area contributed by atoms with Gasteiger partial charge in [0, 0.05) is 13.1 Å². The van der Waals surface area contributed by atoms with Gasteiger partial charge in [0.15, 0.2) is 0 Å². The Morgan fingerprint density at radius 1 is 1.50 bits per heavy atom. The lowest BCUT2D eigenvalue weighted by molar-refractivity contribution is -0.162. The zero-order chi connectivity index (χ0) is 14.1. The molecule has 1 saturated heterocycles. The van der Waals surface area contributed by atoms with Gasteiger partial charge in [-0.15, -0.1) is 0 Å². The Balaban J connectivity index is 3.38. The molecule has 18 heavy (non-hydrogen) atoms. The number of carbonyl (C=O) groups excluding carboxylic acids is 1. The summed E-state index contributed by atoms with van der Waals surface area (Å²) in [6, 6.07) is -0.271. The van der Waals surface area contributed by atoms with Crippen LogP contribution in [0.25, 0.3) is 0 Å². The summed E-state index contributed by atoms with van der Waals surface area (Å²) in [5.74, 6) is -1.03. The molecule has 5 nitrogen and oxygen atoms in total. The molecule has 104 valence electrons. The summed E-state index contributed by atoms with van der Waals surface area (Å²) in [5.41, 5.74) is -1.70. The highest BCUT2D eigenvalue weighted by molar-refractivity contribution is 5.88. The lowest BCUT2D eigenvalue weighted by Crippen LogP contribution is -2.66. The van der Waals surface area contributed by atoms with Crippen molar-refractivity contribution < 1.29 is 14.7 Å². The van der Waals surface area contributed by atoms with Crippen molar-refractivity contribution in [3.05, 3.63) is 0 Å². The summed E-state index contributed by atoms with van der Waals surface area (Å²) >= 11 is 0. The highest BCUT2D eigenvalue weighted by atomic mass is 16.4. The first-order valence-electron chi connectivity index (χ1n) is 6.48. The van der Waals surface area contributed by atoms with E-state index in [2.05, 4.69) is 5.32 Å². The molecule has 0 spiro atoms. The van der Waals surface area contributed by atoms with Crippen LogP contribution in [-0.2, 0) is 4.79 Å². The molecule has 0 radical (unpaired) electrons. The molecule has 2 amide bonds. The maximum atomic E-state index is 12.0. The van der Waals surface area contributed by atoms with Crippen molar-refractivity contribution in [1.29, 1.82) is 0 Å². The van der Waals surface area contributed by atoms with Gasteiger partial charge in [0.05, 0.1) is 0 Å². The SMILES string of the molecule is CC[C@H](C)[C@](C(=O)O)(N1CCNC1=O)C(C)(C)C. The zero-order valence-corrected chi connectivity index (χ0v) is 11.9. The summed E-state index contributed by atoms with van der Waals surface area (Å²) in [6.07, 6.45) is 0.716. The van der Waals surface area contributed by atoms with Gasteiger partial charge in [-0.05, 0) is 11.3 Å². The predicted molar refractivity (Wildman–Crippen MR) is 69.4 cm³/mol. The van der Waals surface area contributed by atoms with E-state index in [1.54, 1.807) is 0 Å². The van der Waals surface area contributed by atoms with Gasteiger partial charge in [-0.25, -0.2) is 9.59 Å². The molecule has 0 saturated carbocycles. The number of nitrogens with one attached hydrogen (secondary N) is 1. The van der Waals surface area contributed by atoms with Gasteiger partial charge in [0.25, 0.3) is 0 Å². The van der Waals surface area contributed by atoms with Crippen molar-refractivity contribution in [2.45, 2.75) is 46.6 Å². The molecule has 0 aliphatic carbocycles. The number of carboxylic acids is 1. The Labute approximate surface area is 109 Å². The maximum Gasteiger partial charge on any atom is 0.330 e. The first kappa shape index (κ1) is 14.8. The molecule has 1 fully saturated rings. The molecule has 1 aliphatic rings. The third-order valence-corrected chi connectivity index (χ3v) is 4.08. The van der Waals surface area contributed by atoms with Gasteiger partial charge in [-0.3, -0.25) is 0 Å². The fourth-order valence-electron chi connectivity index (χ4n) is 3.16. The second kappa shape index (κ2) is 4.78. The van der Waals surface area contributed by atoms with E-state index in [1.807, 2.05) is 34.6 Å². The number of rotatable bonds is 4. The lowest BCUT2D eigenvalue weighted by Gasteiger charge is -2.50. The topological polar surface area (TPSA) is 69.6 Å². The van der Waals surface area contributed by atoms with Gasteiger partial charge in [0.1, 0.15) is 5.54 Å². The van der Waals surface area contributed by atoms with Crippen molar-refractivity contribution >= 4 is 12.0 Å². The summed E-state index contributed by atoms with van der Waals surface area (Å²) < 4.78 is 0. The third kappa shape index (κ3) is 1.95. The van der Waals surface area contributed by atoms with E-state index >= 15 is 0 Å². The molecular formula is C13H24N2O3. The molecule has 0 aromatic rings. The van der Waals surface area contributed by atoms with Crippen molar-refractivity contribution in [3.63, 3.8) is 0 Å². The smallest absolute Gasteiger partial charge is 0.330 e. The van der Waals surface area contributed by atoms with Crippen LogP contribution >= 0.6 is 0 Å². The minimum Gasteiger partial charge on any atom is -0.479 e. The molecule has 0 aromatic carbocycles. The molecule has 0 unspecified atom stereocenters. The summed E-state index contributed by atoms with van der Waals surface area (Å²) in [7, 11) is 0. The van der Waals surface area contributed by atoms with Crippen LogP contribution in [0.2, 0.25) is 0 Å². The Kier molecular flexibility index (Phi) is 3.93. The van der Waals surface area contributed by atoms with Gasteiger partial charge >= 0.3 is 12.0 Å². The minimum atomic E-state index is -1.16. The lowest BCUT2D eigenvalue weighted by atomic mass is 9.64. The quantitative estimate of drug-likeness (QED) is 0.807. The van der Waals surface area contributed by atoms with E-state index in [1.165, 1.54) is 4.90 Å². The predicted octanol–water partition coefficient (Wildman–Crippen LogP) is 1.93. The number of amides is 2. The average molecular weight is 256 g/mol. The monoisotopic (exact) mass is 256 g/mol. The third-order valence-electron chi connectivity index (χ3n) is 4.08. The maximum absolute atomic E-state index is 12.0. The van der Waals surface area contributed by atoms with Crippen LogP contribution in [0, 0.1) is 11.3 Å². The van der Waals surface area contributed by atoms with Gasteiger partial charge < -0.3 is 15.3 Å². The largest absolute Gasteiger partial charge is 0.479 e. The van der Waals surface area contributed by atoms with Crippen molar-refractivity contribution in [1.82, 2.24) is 10.2 Å². The number of urea groups is 1. The van der Waals surface area contributed by atoms with E-state index in [0.29, 0.717) is 19.5 Å². The molecule has 2 atom stereocenters. The van der Waals surface area contributed by atoms with E-state index in [9.17, 15) is 14.7 Å². The number of hydrogen-bond acceptors (Lipinski definition) is 2. The highest BCUT2D eigenvalue weighted by Gasteiger charge is 2.58. The number of nitrogens with zero attached hydrogens (tertiary/aromatic N) is 1. The summed E-state index contributed by atoms with van der Waals surface area (Å²) in [5, 5.41) is 12.5. The Morgan fingerprint density at radius 2 is 2.06 bits per heavy atom. The van der Waals surface area contributed by atoms with Crippen LogP contribution < -0.4 is 5.32 Å². The van der Waals surface area contributed by atoms with Gasteiger partial charge in [-0.2, -0.15) is 0 Å². The molecule has 1 rings (SSSR count). The van der Waals surface area contributed by atoms with Crippen molar-refractivity contribution in [3.8, 4) is 0 Å². The molecule has 2 N–H and O–H groups in total. The first-order chi connectivity index (χ1) is 8.19. The fraction of sp³-hybridized carbons (Fsp3) is 0.846. The number of carbonyl (C=O) groups is 2. The van der Waals surface area contributed by atoms with Crippen LogP contribution in [0.15, 0.2) is 0 Å². The van der Waals surface area contributed by atoms with E-state index < -0.39 is 16.9 Å². The fourth-order valence-corrected chi connectivity index (χ4v) is 3.16. The van der Waals surface area contributed by atoms with Crippen LogP contribution in [0.1, 0.15) is 41.0 Å². The molecule has 1 aliphatic heterocycles. The first-order valence-corrected chi connectivity index (χ1v) is 6.48. The molecule has 5 heteroatoms. The average Bonchev–Trinajstić information content (AvgIpc) is 2.63. The molecule has 0 bridgehead atoms. The Hall–Kier alpha value is -1.26. The van der Waals surface area contributed by atoms with E-state index in [0.717, 1.165) is 0 Å². The number of carboxylic acid groups (broad SMARTS) is 1. The van der Waals surface area contributed by atoms with Crippen molar-refractivity contribution in [2.24, 2.45) is 11.3 Å².